The molecule has 0 fully saturated rings. The van der Waals surface area contributed by atoms with E-state index in [9.17, 15) is 36.4 Å². The summed E-state index contributed by atoms with van der Waals surface area (Å²) < 4.78 is 79.8. The predicted octanol–water partition coefficient (Wildman–Crippen LogP) is 6.18. The first-order valence-corrected chi connectivity index (χ1v) is 17.1. The first kappa shape index (κ1) is 39.1. The number of ether oxygens (including phenoxy) is 2. The van der Waals surface area contributed by atoms with Crippen LogP contribution in [0, 0.1) is 17.5 Å². The van der Waals surface area contributed by atoms with Crippen LogP contribution < -0.4 is 4.72 Å². The number of likely N-dealkylation sites (N-methyl/N-ethyl adjacent to an activating group) is 1. The molecule has 52 heavy (non-hydrogen) atoms. The summed E-state index contributed by atoms with van der Waals surface area (Å²) in [5, 5.41) is 20.8. The molecule has 0 saturated carbocycles. The molecule has 18 heteroatoms. The number of nitrogens with zero attached hydrogens (tertiary/aromatic N) is 5. The van der Waals surface area contributed by atoms with E-state index in [-0.39, 0.29) is 27.7 Å². The van der Waals surface area contributed by atoms with Crippen LogP contribution in [0.1, 0.15) is 37.6 Å². The Labute approximate surface area is 298 Å². The van der Waals surface area contributed by atoms with E-state index in [2.05, 4.69) is 10.4 Å². The van der Waals surface area contributed by atoms with Gasteiger partial charge in [0.2, 0.25) is 5.28 Å². The number of hydrazine groups is 1. The van der Waals surface area contributed by atoms with Gasteiger partial charge < -0.3 is 19.5 Å². The largest absolute Gasteiger partial charge is 0.569 e. The molecule has 3 aromatic carbocycles. The third kappa shape index (κ3) is 10.4. The van der Waals surface area contributed by atoms with Crippen LogP contribution in [0.4, 0.5) is 18.0 Å². The van der Waals surface area contributed by atoms with Gasteiger partial charge in [0.25, 0.3) is 16.8 Å². The molecule has 0 bridgehead atoms. The summed E-state index contributed by atoms with van der Waals surface area (Å²) in [6.45, 7) is 5.62. The number of nitrogens with one attached hydrogen (secondary N) is 1. The molecule has 1 N–H and O–H groups in total. The van der Waals surface area contributed by atoms with Crippen molar-refractivity contribution >= 4 is 22.1 Å². The number of benzene rings is 3. The van der Waals surface area contributed by atoms with Crippen LogP contribution in [0.15, 0.2) is 95.1 Å². The minimum atomic E-state index is -4.73. The number of aromatic nitrogens is 2. The lowest BCUT2D eigenvalue weighted by atomic mass is 9.98. The molecule has 0 radical (unpaired) electrons. The number of esters is 1. The lowest BCUT2D eigenvalue weighted by molar-refractivity contribution is -0.714. The number of aryl methyl sites for hydroxylation is 1. The molecule has 278 valence electrons. The Balaban J connectivity index is 1.45. The average Bonchev–Trinajstić information content (AvgIpc) is 3.55. The zero-order valence-electron chi connectivity index (χ0n) is 28.8. The Bertz CT molecular complexity index is 1980. The maximum Gasteiger partial charge on any atom is 0.435 e. The molecule has 4 rings (SSSR count). The van der Waals surface area contributed by atoms with Gasteiger partial charge in [0.05, 0.1) is 33.7 Å². The average molecular weight is 747 g/mol. The molecule has 0 saturated heterocycles. The summed E-state index contributed by atoms with van der Waals surface area (Å²) in [6, 6.07) is 20.3. The second-order valence-corrected chi connectivity index (χ2v) is 14.3. The van der Waals surface area contributed by atoms with Gasteiger partial charge in [-0.15, -0.1) is 5.01 Å². The van der Waals surface area contributed by atoms with Crippen molar-refractivity contribution in [2.45, 2.75) is 51.2 Å². The van der Waals surface area contributed by atoms with Gasteiger partial charge in [0.15, 0.2) is 5.69 Å². The fourth-order valence-corrected chi connectivity index (χ4v) is 5.43. The third-order valence-electron chi connectivity index (χ3n) is 7.46. The van der Waals surface area contributed by atoms with Crippen LogP contribution in [-0.2, 0) is 41.7 Å². The van der Waals surface area contributed by atoms with Gasteiger partial charge in [-0.1, -0.05) is 60.2 Å². The predicted molar refractivity (Wildman–Crippen MR) is 180 cm³/mol. The minimum Gasteiger partial charge on any atom is -0.569 e. The third-order valence-corrected chi connectivity index (χ3v) is 8.79. The molecule has 0 aliphatic carbocycles. The zero-order chi connectivity index (χ0) is 38.3. The normalized spacial score (nSPS) is 12.9. The number of sulfonamides is 1. The van der Waals surface area contributed by atoms with Crippen molar-refractivity contribution in [3.05, 3.63) is 107 Å². The molecular formula is C34H37F3N6O8S. The molecule has 1 heterocycles. The Morgan fingerprint density at radius 2 is 1.63 bits per heavy atom. The van der Waals surface area contributed by atoms with Crippen LogP contribution in [-0.4, -0.2) is 66.7 Å². The van der Waals surface area contributed by atoms with Crippen molar-refractivity contribution in [2.75, 3.05) is 20.4 Å². The van der Waals surface area contributed by atoms with E-state index in [1.54, 1.807) is 80.1 Å². The fourth-order valence-electron chi connectivity index (χ4n) is 4.53. The van der Waals surface area contributed by atoms with Crippen LogP contribution >= 0.6 is 0 Å². The van der Waals surface area contributed by atoms with E-state index in [1.165, 1.54) is 19.2 Å². The molecule has 1 amide bonds. The second kappa shape index (κ2) is 16.1. The molecular weight excluding hydrogens is 709 g/mol. The summed E-state index contributed by atoms with van der Waals surface area (Å²) in [5.41, 5.74) is 0.411. The standard InChI is InChI=1S/C34H37F3N6O8S/c1-23-11-13-25(14-12-23)29-20-30(34(35,36)37)38-42(29)26-15-17-28(18-16-26)52(47,48)39-32(45)49-21-27(19-24-9-7-6-8-10-24)41(5)43(46)40-51-22-50-31(44)33(2,3)4/h6-18,20,27H,19,21-22H2,1-5H3,(H,39,45)/t27-/m0/s1. The van der Waals surface area contributed by atoms with Gasteiger partial charge in [0, 0.05) is 12.0 Å². The summed E-state index contributed by atoms with van der Waals surface area (Å²) in [5.74, 6) is -0.578. The number of carbonyl (C=O) groups excluding carboxylic acids is 2. The van der Waals surface area contributed by atoms with Crippen LogP contribution in [0.2, 0.25) is 0 Å². The number of amides is 1. The van der Waals surface area contributed by atoms with Gasteiger partial charge in [-0.25, -0.2) is 22.6 Å². The summed E-state index contributed by atoms with van der Waals surface area (Å²) in [4.78, 5) is 29.1. The highest BCUT2D eigenvalue weighted by atomic mass is 32.2. The van der Waals surface area contributed by atoms with E-state index >= 15 is 0 Å². The highest BCUT2D eigenvalue weighted by molar-refractivity contribution is 7.90. The highest BCUT2D eigenvalue weighted by Gasteiger charge is 2.35. The fraction of sp³-hybridized carbons (Fsp3) is 0.324. The first-order valence-electron chi connectivity index (χ1n) is 15.6. The maximum atomic E-state index is 13.6. The topological polar surface area (TPSA) is 167 Å². The van der Waals surface area contributed by atoms with Gasteiger partial charge in [-0.05, 0) is 63.6 Å². The Morgan fingerprint density at radius 3 is 2.23 bits per heavy atom. The lowest BCUT2D eigenvalue weighted by Gasteiger charge is -2.24. The van der Waals surface area contributed by atoms with E-state index in [0.29, 0.717) is 5.56 Å². The van der Waals surface area contributed by atoms with Gasteiger partial charge >= 0.3 is 18.2 Å². The smallest absolute Gasteiger partial charge is 0.435 e. The van der Waals surface area contributed by atoms with Crippen LogP contribution in [0.5, 0.6) is 0 Å². The lowest BCUT2D eigenvalue weighted by Crippen LogP contribution is -2.43. The molecule has 0 aliphatic rings. The minimum absolute atomic E-state index is 0.0552. The van der Waals surface area contributed by atoms with E-state index in [1.807, 2.05) is 6.92 Å². The van der Waals surface area contributed by atoms with E-state index in [0.717, 1.165) is 39.0 Å². The van der Waals surface area contributed by atoms with Crippen LogP contribution in [0.3, 0.4) is 0 Å². The van der Waals surface area contributed by atoms with Gasteiger partial charge in [-0.3, -0.25) is 4.79 Å². The molecule has 0 spiro atoms. The van der Waals surface area contributed by atoms with Crippen LogP contribution in [0.25, 0.3) is 16.9 Å². The Kier molecular flexibility index (Phi) is 12.1. The summed E-state index contributed by atoms with van der Waals surface area (Å²) in [6.07, 6.45) is -5.94. The second-order valence-electron chi connectivity index (χ2n) is 12.6. The van der Waals surface area contributed by atoms with Crippen molar-refractivity contribution in [1.82, 2.24) is 19.5 Å². The molecule has 1 aromatic heterocycles. The molecule has 0 unspecified atom stereocenters. The Morgan fingerprint density at radius 1 is 1.00 bits per heavy atom. The van der Waals surface area contributed by atoms with E-state index < -0.39 is 58.8 Å². The number of alkyl halides is 3. The highest BCUT2D eigenvalue weighted by Crippen LogP contribution is 2.33. The van der Waals surface area contributed by atoms with Crippen molar-refractivity contribution < 1.29 is 50.5 Å². The van der Waals surface area contributed by atoms with Gasteiger partial charge in [-0.2, -0.15) is 18.3 Å². The Hall–Kier alpha value is -5.65. The number of carbonyl (C=O) groups is 2. The summed E-state index contributed by atoms with van der Waals surface area (Å²) in [7, 11) is -3.19. The van der Waals surface area contributed by atoms with Crippen molar-refractivity contribution in [1.29, 1.82) is 0 Å². The monoisotopic (exact) mass is 746 g/mol. The van der Waals surface area contributed by atoms with E-state index in [4.69, 9.17) is 14.3 Å². The van der Waals surface area contributed by atoms with Crippen molar-refractivity contribution in [3.8, 4) is 16.9 Å². The quantitative estimate of drug-likeness (QED) is 0.0417. The number of hydrogen-bond donors (Lipinski definition) is 1. The molecule has 1 atom stereocenters. The van der Waals surface area contributed by atoms with Gasteiger partial charge in [0.1, 0.15) is 12.6 Å². The number of hydrogen-bond acceptors (Lipinski definition) is 10. The summed E-state index contributed by atoms with van der Waals surface area (Å²) >= 11 is 0. The first-order chi connectivity index (χ1) is 24.3. The molecule has 14 nitrogen and oxygen atoms in total. The molecule has 4 aromatic rings. The van der Waals surface area contributed by atoms with Crippen molar-refractivity contribution in [3.63, 3.8) is 0 Å². The number of halogens is 3. The van der Waals surface area contributed by atoms with Crippen molar-refractivity contribution in [2.24, 2.45) is 10.7 Å². The number of rotatable bonds is 13. The molecule has 0 aliphatic heterocycles. The SMILES string of the molecule is Cc1ccc(-c2cc(C(F)(F)F)nn2-c2ccc(S(=O)(=O)NC(=O)OC[C@H](Cc3ccccc3)N(C)[N+]([O-])=NOCOC(=O)C(C)(C)C)cc2)cc1. The maximum absolute atomic E-state index is 13.6. The zero-order valence-corrected chi connectivity index (χ0v) is 29.6.